The summed E-state index contributed by atoms with van der Waals surface area (Å²) in [6.45, 7) is 9.73. The van der Waals surface area contributed by atoms with E-state index in [1.807, 2.05) is 4.90 Å². The normalized spacial score (nSPS) is 43.0. The summed E-state index contributed by atoms with van der Waals surface area (Å²) < 4.78 is 29.6. The first kappa shape index (κ1) is 38.9. The van der Waals surface area contributed by atoms with Gasteiger partial charge in [0.2, 0.25) is 5.91 Å². The molecule has 1 amide bonds. The zero-order chi connectivity index (χ0) is 36.5. The molecule has 8 rings (SSSR count). The molecule has 0 radical (unpaired) electrons. The lowest BCUT2D eigenvalue weighted by Crippen LogP contribution is -2.56. The lowest BCUT2D eigenvalue weighted by Gasteiger charge is -2.60. The molecule has 0 aromatic rings. The summed E-state index contributed by atoms with van der Waals surface area (Å²) in [7, 11) is 2.36. The van der Waals surface area contributed by atoms with Crippen LogP contribution in [0.5, 0.6) is 0 Å². The van der Waals surface area contributed by atoms with Gasteiger partial charge in [0.25, 0.3) is 0 Å². The SMILES string of the molecule is C#C.C#C.CO.COC(=O)OCC1CCC2C(CC3C4CCC5C(C)(C)[C@@H](OC6CN(C(=O)CC7CC7)CCO6)CC[C@@]56C[C@@]46CC[C@]23C)O1. The van der Waals surface area contributed by atoms with Crippen LogP contribution in [0.3, 0.4) is 0 Å². The molecule has 9 heteroatoms. The highest BCUT2D eigenvalue weighted by Crippen LogP contribution is 2.87. The van der Waals surface area contributed by atoms with Gasteiger partial charge in [0, 0.05) is 20.1 Å². The molecule has 2 heterocycles. The van der Waals surface area contributed by atoms with Crippen molar-refractivity contribution in [2.75, 3.05) is 40.5 Å². The fraction of sp³-hybridized carbons (Fsp3) is 0.854. The van der Waals surface area contributed by atoms with Gasteiger partial charge in [-0.05, 0) is 128 Å². The van der Waals surface area contributed by atoms with Crippen molar-refractivity contribution < 1.29 is 38.4 Å². The summed E-state index contributed by atoms with van der Waals surface area (Å²) in [5.74, 6) is 3.75. The zero-order valence-electron chi connectivity index (χ0n) is 31.3. The number of carbonyl (C=O) groups is 2. The van der Waals surface area contributed by atoms with Crippen LogP contribution in [0.2, 0.25) is 0 Å². The first-order valence-electron chi connectivity index (χ1n) is 19.1. The number of aliphatic hydroxyl groups excluding tert-OH is 1. The van der Waals surface area contributed by atoms with Crippen molar-refractivity contribution in [3.63, 3.8) is 0 Å². The van der Waals surface area contributed by atoms with Crippen molar-refractivity contribution in [2.45, 2.75) is 129 Å². The number of hydrogen-bond donors (Lipinski definition) is 1. The number of fused-ring (bicyclic) bond motifs is 4. The fourth-order valence-corrected chi connectivity index (χ4v) is 12.7. The van der Waals surface area contributed by atoms with Crippen molar-refractivity contribution in [1.29, 1.82) is 0 Å². The number of carbonyl (C=O) groups excluding carboxylic acids is 2. The van der Waals surface area contributed by atoms with Gasteiger partial charge in [-0.15, -0.1) is 25.7 Å². The lowest BCUT2D eigenvalue weighted by atomic mass is 9.46. The maximum absolute atomic E-state index is 12.8. The molecule has 8 aliphatic rings. The maximum atomic E-state index is 12.8. The second-order valence-electron chi connectivity index (χ2n) is 17.1. The van der Waals surface area contributed by atoms with Gasteiger partial charge in [-0.25, -0.2) is 4.79 Å². The van der Waals surface area contributed by atoms with E-state index < -0.39 is 6.16 Å². The molecule has 2 aliphatic heterocycles. The van der Waals surface area contributed by atoms with E-state index in [0.29, 0.717) is 72.8 Å². The van der Waals surface area contributed by atoms with E-state index in [2.05, 4.69) is 51.2 Å². The largest absolute Gasteiger partial charge is 0.508 e. The predicted molar refractivity (Wildman–Crippen MR) is 190 cm³/mol. The van der Waals surface area contributed by atoms with Gasteiger partial charge < -0.3 is 33.7 Å². The molecular formula is C41H63NO8. The number of amides is 1. The van der Waals surface area contributed by atoms with Gasteiger partial charge in [0.05, 0.1) is 38.6 Å². The number of methoxy groups -OCH3 is 1. The number of rotatable bonds is 6. The predicted octanol–water partition coefficient (Wildman–Crippen LogP) is 6.45. The van der Waals surface area contributed by atoms with E-state index in [0.717, 1.165) is 31.8 Å². The van der Waals surface area contributed by atoms with E-state index in [9.17, 15) is 9.59 Å². The number of aliphatic hydroxyl groups is 1. The topological polar surface area (TPSA) is 104 Å². The van der Waals surface area contributed by atoms with Gasteiger partial charge >= 0.3 is 6.16 Å². The molecule has 50 heavy (non-hydrogen) atoms. The van der Waals surface area contributed by atoms with E-state index in [1.54, 1.807) is 0 Å². The Kier molecular flexibility index (Phi) is 12.0. The maximum Gasteiger partial charge on any atom is 0.508 e. The molecule has 2 saturated heterocycles. The average molecular weight is 698 g/mol. The number of terminal acetylenes is 2. The third-order valence-corrected chi connectivity index (χ3v) is 15.0. The Morgan fingerprint density at radius 2 is 1.60 bits per heavy atom. The fourth-order valence-electron chi connectivity index (χ4n) is 12.7. The van der Waals surface area contributed by atoms with Gasteiger partial charge in [0.15, 0.2) is 6.29 Å². The summed E-state index contributed by atoms with van der Waals surface area (Å²) in [6.07, 6.45) is 31.1. The number of nitrogens with zero attached hydrogens (tertiary/aromatic N) is 1. The molecule has 6 saturated carbocycles. The highest BCUT2D eigenvalue weighted by Gasteiger charge is 2.80. The molecule has 7 unspecified atom stereocenters. The van der Waals surface area contributed by atoms with Gasteiger partial charge in [-0.3, -0.25) is 4.79 Å². The second-order valence-corrected chi connectivity index (χ2v) is 17.1. The summed E-state index contributed by atoms with van der Waals surface area (Å²) in [5.41, 5.74) is 1.42. The Bertz CT molecular complexity index is 1240. The van der Waals surface area contributed by atoms with E-state index in [1.165, 1.54) is 71.3 Å². The van der Waals surface area contributed by atoms with Crippen molar-refractivity contribution in [2.24, 2.45) is 51.2 Å². The van der Waals surface area contributed by atoms with E-state index in [-0.39, 0.29) is 29.8 Å². The molecule has 0 aromatic heterocycles. The van der Waals surface area contributed by atoms with Crippen molar-refractivity contribution in [3.8, 4) is 25.7 Å². The Morgan fingerprint density at radius 3 is 2.30 bits per heavy atom. The van der Waals surface area contributed by atoms with Crippen LogP contribution in [0.4, 0.5) is 4.79 Å². The Morgan fingerprint density at radius 1 is 0.880 bits per heavy atom. The minimum absolute atomic E-state index is 0.0105. The lowest BCUT2D eigenvalue weighted by molar-refractivity contribution is -0.244. The van der Waals surface area contributed by atoms with Crippen LogP contribution in [-0.4, -0.2) is 87.2 Å². The minimum atomic E-state index is -0.615. The molecule has 6 aliphatic carbocycles. The summed E-state index contributed by atoms with van der Waals surface area (Å²) in [5, 5.41) is 7.00. The molecule has 8 fully saturated rings. The number of hydrogen-bond acceptors (Lipinski definition) is 8. The number of ether oxygens (including phenoxy) is 5. The monoisotopic (exact) mass is 697 g/mol. The van der Waals surface area contributed by atoms with Crippen LogP contribution < -0.4 is 0 Å². The summed E-state index contributed by atoms with van der Waals surface area (Å²) >= 11 is 0. The summed E-state index contributed by atoms with van der Waals surface area (Å²) in [6, 6.07) is 0. The molecule has 0 bridgehead atoms. The van der Waals surface area contributed by atoms with Crippen LogP contribution in [0.15, 0.2) is 0 Å². The van der Waals surface area contributed by atoms with Crippen LogP contribution in [0, 0.1) is 76.9 Å². The van der Waals surface area contributed by atoms with Crippen LogP contribution in [0.1, 0.15) is 104 Å². The zero-order valence-corrected chi connectivity index (χ0v) is 31.3. The molecule has 1 N–H and O–H groups in total. The highest BCUT2D eigenvalue weighted by molar-refractivity contribution is 5.76. The molecule has 9 nitrogen and oxygen atoms in total. The summed E-state index contributed by atoms with van der Waals surface area (Å²) in [4.78, 5) is 26.4. The first-order chi connectivity index (χ1) is 24.1. The molecule has 0 aromatic carbocycles. The van der Waals surface area contributed by atoms with Gasteiger partial charge in [-0.1, -0.05) is 20.8 Å². The minimum Gasteiger partial charge on any atom is -0.438 e. The molecule has 2 spiro atoms. The molecular weight excluding hydrogens is 634 g/mol. The quantitative estimate of drug-likeness (QED) is 0.250. The van der Waals surface area contributed by atoms with E-state index in [4.69, 9.17) is 24.1 Å². The van der Waals surface area contributed by atoms with Crippen LogP contribution in [0.25, 0.3) is 0 Å². The third kappa shape index (κ3) is 6.59. The molecule has 11 atom stereocenters. The van der Waals surface area contributed by atoms with Gasteiger partial charge in [0.1, 0.15) is 6.61 Å². The van der Waals surface area contributed by atoms with Crippen molar-refractivity contribution in [1.82, 2.24) is 4.90 Å². The second kappa shape index (κ2) is 15.4. The Balaban J connectivity index is 0.000000771. The standard InChI is InChI=1S/C36H55NO7.2C2H2.CH4O/c1-33(2)28-10-9-24-26-18-27-25(8-7-23(43-27)20-42-32(39)40-4)34(26,3)13-14-35(24)21-36(28,35)12-11-29(33)44-31-19-37(15-16-41-31)30(38)17-22-5-6-22;3*1-2/h22-29,31H,5-21H2,1-4H3;2*1-2H;2H,1H3/t23?,24?,25?,26?,27?,28?,29-,31?,34+,35-,36+;;;/m0.../s1. The van der Waals surface area contributed by atoms with Crippen LogP contribution >= 0.6 is 0 Å². The number of morpholine rings is 1. The molecule has 280 valence electrons. The van der Waals surface area contributed by atoms with E-state index >= 15 is 0 Å². The van der Waals surface area contributed by atoms with Crippen LogP contribution in [-0.2, 0) is 28.5 Å². The Hall–Kier alpha value is -2.30. The first-order valence-corrected chi connectivity index (χ1v) is 19.1. The Labute approximate surface area is 301 Å². The van der Waals surface area contributed by atoms with Gasteiger partial charge in [-0.2, -0.15) is 0 Å². The van der Waals surface area contributed by atoms with Crippen molar-refractivity contribution in [3.05, 3.63) is 0 Å². The highest BCUT2D eigenvalue weighted by atomic mass is 16.7. The smallest absolute Gasteiger partial charge is 0.438 e. The third-order valence-electron chi connectivity index (χ3n) is 15.0. The van der Waals surface area contributed by atoms with Crippen molar-refractivity contribution >= 4 is 12.1 Å². The average Bonchev–Trinajstić information content (AvgIpc) is 4.06.